The first-order valence-corrected chi connectivity index (χ1v) is 12.1. The minimum atomic E-state index is 0.540. The van der Waals surface area contributed by atoms with Crippen LogP contribution in [0.4, 0.5) is 0 Å². The van der Waals surface area contributed by atoms with Crippen LogP contribution in [0.15, 0.2) is 60.2 Å². The Hall–Kier alpha value is -2.56. The number of dihydropyridines is 1. The molecule has 1 aromatic carbocycles. The summed E-state index contributed by atoms with van der Waals surface area (Å²) in [6.45, 7) is 7.34. The topological polar surface area (TPSA) is 41.9 Å². The van der Waals surface area contributed by atoms with Gasteiger partial charge in [0.05, 0.1) is 12.0 Å². The number of benzene rings is 1. The number of allylic oxidation sites excluding steroid dienone is 5. The Morgan fingerprint density at radius 2 is 2.00 bits per heavy atom. The van der Waals surface area contributed by atoms with E-state index in [1.54, 1.807) is 0 Å². The molecule has 0 radical (unpaired) electrons. The molecule has 1 fully saturated rings. The van der Waals surface area contributed by atoms with Crippen LogP contribution >= 0.6 is 11.6 Å². The lowest BCUT2D eigenvalue weighted by molar-refractivity contribution is 0.445. The predicted molar refractivity (Wildman–Crippen MR) is 133 cm³/mol. The summed E-state index contributed by atoms with van der Waals surface area (Å²) in [5, 5.41) is 7.92. The van der Waals surface area contributed by atoms with E-state index in [1.807, 2.05) is 12.4 Å². The van der Waals surface area contributed by atoms with Crippen LogP contribution in [-0.4, -0.2) is 22.6 Å². The zero-order valence-corrected chi connectivity index (χ0v) is 19.7. The van der Waals surface area contributed by atoms with Gasteiger partial charge in [0.25, 0.3) is 0 Å². The zero-order valence-electron chi connectivity index (χ0n) is 18.9. The van der Waals surface area contributed by atoms with Gasteiger partial charge in [-0.15, -0.1) is 0 Å². The van der Waals surface area contributed by atoms with Gasteiger partial charge in [-0.2, -0.15) is 0 Å². The van der Waals surface area contributed by atoms with Crippen LogP contribution in [0, 0.1) is 19.8 Å². The third-order valence-corrected chi connectivity index (χ3v) is 7.28. The maximum Gasteiger partial charge on any atom is 0.0951 e. The number of aryl methyl sites for hydroxylation is 2. The fourth-order valence-electron chi connectivity index (χ4n) is 5.17. The highest BCUT2D eigenvalue weighted by Crippen LogP contribution is 2.43. The first kappa shape index (κ1) is 21.3. The molecule has 2 N–H and O–H groups in total. The smallest absolute Gasteiger partial charge is 0.0951 e. The second-order valence-electron chi connectivity index (χ2n) is 9.01. The molecule has 0 unspecified atom stereocenters. The summed E-state index contributed by atoms with van der Waals surface area (Å²) in [5.74, 6) is 0.540. The van der Waals surface area contributed by atoms with Gasteiger partial charge in [0.15, 0.2) is 0 Å². The molecule has 32 heavy (non-hydrogen) atoms. The molecule has 1 saturated heterocycles. The molecule has 0 spiro atoms. The monoisotopic (exact) mass is 446 g/mol. The molecule has 0 saturated carbocycles. The van der Waals surface area contributed by atoms with Crippen molar-refractivity contribution in [3.05, 3.63) is 87.8 Å². The number of aromatic nitrogens is 2. The number of hydrogen-bond donors (Lipinski definition) is 2. The van der Waals surface area contributed by atoms with E-state index in [0.717, 1.165) is 56.0 Å². The van der Waals surface area contributed by atoms with E-state index in [4.69, 9.17) is 11.6 Å². The molecule has 5 rings (SSSR count). The molecule has 1 aromatic heterocycles. The largest absolute Gasteiger partial charge is 0.361 e. The molecule has 0 atom stereocenters. The Morgan fingerprint density at radius 3 is 2.78 bits per heavy atom. The van der Waals surface area contributed by atoms with Crippen molar-refractivity contribution in [1.82, 2.24) is 20.2 Å². The predicted octanol–water partition coefficient (Wildman–Crippen LogP) is 5.78. The van der Waals surface area contributed by atoms with Crippen LogP contribution in [-0.2, 0) is 6.54 Å². The summed E-state index contributed by atoms with van der Waals surface area (Å²) in [6, 6.07) is 6.45. The minimum Gasteiger partial charge on any atom is -0.361 e. The van der Waals surface area contributed by atoms with E-state index in [2.05, 4.69) is 70.6 Å². The van der Waals surface area contributed by atoms with Gasteiger partial charge in [0, 0.05) is 29.2 Å². The van der Waals surface area contributed by atoms with Crippen LogP contribution in [0.5, 0.6) is 0 Å². The van der Waals surface area contributed by atoms with Gasteiger partial charge in [-0.3, -0.25) is 0 Å². The van der Waals surface area contributed by atoms with Crippen molar-refractivity contribution in [3.8, 4) is 0 Å². The minimum absolute atomic E-state index is 0.540. The maximum atomic E-state index is 6.53. The van der Waals surface area contributed by atoms with Gasteiger partial charge in [0.2, 0.25) is 0 Å². The molecule has 0 amide bonds. The summed E-state index contributed by atoms with van der Waals surface area (Å²) in [5.41, 5.74) is 10.3. The number of nitrogens with zero attached hydrogens (tertiary/aromatic N) is 2. The highest BCUT2D eigenvalue weighted by Gasteiger charge is 2.28. The molecular weight excluding hydrogens is 416 g/mol. The Balaban J connectivity index is 1.52. The number of halogens is 1. The molecule has 1 aliphatic carbocycles. The first-order valence-electron chi connectivity index (χ1n) is 11.7. The molecule has 3 aliphatic rings. The van der Waals surface area contributed by atoms with E-state index in [-0.39, 0.29) is 0 Å². The number of fused-ring (bicyclic) bond motifs is 2. The number of hydrogen-bond acceptors (Lipinski definition) is 3. The van der Waals surface area contributed by atoms with E-state index in [1.165, 1.54) is 39.2 Å². The van der Waals surface area contributed by atoms with Crippen molar-refractivity contribution in [3.63, 3.8) is 0 Å². The van der Waals surface area contributed by atoms with Gasteiger partial charge < -0.3 is 15.2 Å². The lowest BCUT2D eigenvalue weighted by Gasteiger charge is -2.29. The SMILES string of the molecule is Cc1ncn(CCCC2=CC3=CC=CNC3=C(C3CCNCC3)c3ccc(Cl)cc32)c1C. The number of nitrogens with one attached hydrogen (secondary N) is 2. The molecule has 5 heteroatoms. The van der Waals surface area contributed by atoms with Gasteiger partial charge >= 0.3 is 0 Å². The second kappa shape index (κ2) is 9.13. The summed E-state index contributed by atoms with van der Waals surface area (Å²) >= 11 is 6.53. The normalized spacial score (nSPS) is 18.5. The average molecular weight is 447 g/mol. The zero-order chi connectivity index (χ0) is 22.1. The van der Waals surface area contributed by atoms with E-state index >= 15 is 0 Å². The van der Waals surface area contributed by atoms with Crippen LogP contribution in [0.25, 0.3) is 11.1 Å². The van der Waals surface area contributed by atoms with Crippen molar-refractivity contribution in [2.45, 2.75) is 46.1 Å². The fraction of sp³-hybridized carbons (Fsp3) is 0.370. The second-order valence-corrected chi connectivity index (χ2v) is 9.45. The quantitative estimate of drug-likeness (QED) is 0.611. The third-order valence-electron chi connectivity index (χ3n) is 7.04. The lowest BCUT2D eigenvalue weighted by atomic mass is 9.81. The average Bonchev–Trinajstić information content (AvgIpc) is 3.06. The number of imidazole rings is 1. The van der Waals surface area contributed by atoms with Crippen molar-refractivity contribution >= 4 is 22.7 Å². The Morgan fingerprint density at radius 1 is 1.16 bits per heavy atom. The van der Waals surface area contributed by atoms with Gasteiger partial charge in [-0.1, -0.05) is 23.7 Å². The Labute approximate surface area is 195 Å². The van der Waals surface area contributed by atoms with Crippen molar-refractivity contribution in [2.24, 2.45) is 5.92 Å². The van der Waals surface area contributed by atoms with Crippen molar-refractivity contribution < 1.29 is 0 Å². The third kappa shape index (κ3) is 4.10. The summed E-state index contributed by atoms with van der Waals surface area (Å²) in [4.78, 5) is 4.45. The van der Waals surface area contributed by atoms with Crippen LogP contribution in [0.3, 0.4) is 0 Å². The molecule has 0 bridgehead atoms. The molecule has 4 nitrogen and oxygen atoms in total. The lowest BCUT2D eigenvalue weighted by Crippen LogP contribution is -2.29. The fourth-order valence-corrected chi connectivity index (χ4v) is 5.34. The molecule has 166 valence electrons. The number of rotatable bonds is 5. The van der Waals surface area contributed by atoms with Crippen molar-refractivity contribution in [2.75, 3.05) is 13.1 Å². The maximum absolute atomic E-state index is 6.53. The molecular formula is C27H31ClN4. The molecule has 2 aliphatic heterocycles. The van der Waals surface area contributed by atoms with Gasteiger partial charge in [-0.25, -0.2) is 4.98 Å². The highest BCUT2D eigenvalue weighted by atomic mass is 35.5. The Kier molecular flexibility index (Phi) is 6.07. The highest BCUT2D eigenvalue weighted by molar-refractivity contribution is 6.30. The standard InChI is InChI=1S/C27H31ClN4/c1-18-19(2)32(17-31-18)14-4-6-21-15-22-5-3-11-30-27(22)26(20-9-12-29-13-10-20)24-8-7-23(28)16-25(21)24/h3,5,7-8,11,15-17,20,29-30H,4,6,9-10,12-14H2,1-2H3. The van der Waals surface area contributed by atoms with Gasteiger partial charge in [-0.05, 0) is 111 Å². The first-order chi connectivity index (χ1) is 15.6. The van der Waals surface area contributed by atoms with Crippen LogP contribution in [0.1, 0.15) is 48.2 Å². The van der Waals surface area contributed by atoms with Crippen LogP contribution < -0.4 is 10.6 Å². The summed E-state index contributed by atoms with van der Waals surface area (Å²) in [7, 11) is 0. The summed E-state index contributed by atoms with van der Waals surface area (Å²) in [6.07, 6.45) is 15.1. The van der Waals surface area contributed by atoms with E-state index < -0.39 is 0 Å². The molecule has 3 heterocycles. The number of piperidine rings is 1. The Bertz CT molecular complexity index is 1140. The summed E-state index contributed by atoms with van der Waals surface area (Å²) < 4.78 is 2.26. The van der Waals surface area contributed by atoms with Crippen LogP contribution in [0.2, 0.25) is 5.02 Å². The molecule has 2 aromatic rings. The van der Waals surface area contributed by atoms with Gasteiger partial charge in [0.1, 0.15) is 0 Å². The van der Waals surface area contributed by atoms with E-state index in [9.17, 15) is 0 Å². The van der Waals surface area contributed by atoms with Crippen molar-refractivity contribution in [1.29, 1.82) is 0 Å². The van der Waals surface area contributed by atoms with E-state index in [0.29, 0.717) is 5.92 Å².